The predicted octanol–water partition coefficient (Wildman–Crippen LogP) is 5.26. The summed E-state index contributed by atoms with van der Waals surface area (Å²) in [5, 5.41) is 1.52. The Balaban J connectivity index is 0.00000196. The van der Waals surface area contributed by atoms with E-state index < -0.39 is 0 Å². The lowest BCUT2D eigenvalue weighted by atomic mass is 10.1. The van der Waals surface area contributed by atoms with Crippen LogP contribution in [0.1, 0.15) is 11.3 Å². The van der Waals surface area contributed by atoms with Crippen LogP contribution in [0.15, 0.2) is 42.5 Å². The van der Waals surface area contributed by atoms with Crippen LogP contribution in [-0.4, -0.2) is 25.3 Å². The first kappa shape index (κ1) is 18.4. The molecular weight excluding hydrogens is 373 g/mol. The molecular formula is C20H17Cl2NO3. The van der Waals surface area contributed by atoms with Crippen molar-refractivity contribution in [1.82, 2.24) is 4.98 Å². The standard InChI is InChI=1S/C20H16ClNO3.ClH/c1-23-15-5-6-18-16(12-15)17(21)11-14(22-18)4-2-13-3-7-19-20(10-13)25-9-8-24-19;/h2-7,10-12H,8-9H2,1H3;1H. The molecule has 0 radical (unpaired) electrons. The Morgan fingerprint density at radius 1 is 1.00 bits per heavy atom. The van der Waals surface area contributed by atoms with Gasteiger partial charge < -0.3 is 14.2 Å². The molecule has 0 amide bonds. The van der Waals surface area contributed by atoms with Gasteiger partial charge in [-0.05, 0) is 48.0 Å². The SMILES string of the molecule is COc1ccc2nc(C=Cc3ccc4c(c3)OCCO4)cc(Cl)c2c1.Cl. The molecule has 3 aromatic rings. The van der Waals surface area contributed by atoms with Crippen LogP contribution < -0.4 is 14.2 Å². The fraction of sp³-hybridized carbons (Fsp3) is 0.150. The number of methoxy groups -OCH3 is 1. The number of fused-ring (bicyclic) bond motifs is 2. The van der Waals surface area contributed by atoms with Gasteiger partial charge in [0.05, 0.1) is 23.3 Å². The quantitative estimate of drug-likeness (QED) is 0.612. The third kappa shape index (κ3) is 3.71. The molecule has 0 atom stereocenters. The van der Waals surface area contributed by atoms with Gasteiger partial charge in [-0.3, -0.25) is 0 Å². The van der Waals surface area contributed by atoms with E-state index in [1.54, 1.807) is 7.11 Å². The lowest BCUT2D eigenvalue weighted by molar-refractivity contribution is 0.171. The van der Waals surface area contributed by atoms with Crippen LogP contribution >= 0.6 is 24.0 Å². The van der Waals surface area contributed by atoms with Crippen LogP contribution in [0.4, 0.5) is 0 Å². The highest BCUT2D eigenvalue weighted by Gasteiger charge is 2.11. The number of hydrogen-bond acceptors (Lipinski definition) is 4. The molecule has 0 aliphatic carbocycles. The molecule has 6 heteroatoms. The van der Waals surface area contributed by atoms with Crippen LogP contribution in [0.5, 0.6) is 17.2 Å². The summed E-state index contributed by atoms with van der Waals surface area (Å²) in [7, 11) is 1.63. The van der Waals surface area contributed by atoms with Crippen molar-refractivity contribution in [2.45, 2.75) is 0 Å². The van der Waals surface area contributed by atoms with Gasteiger partial charge in [-0.1, -0.05) is 23.7 Å². The molecule has 0 bridgehead atoms. The number of benzene rings is 2. The lowest BCUT2D eigenvalue weighted by Gasteiger charge is -2.18. The average molecular weight is 390 g/mol. The third-order valence-corrected chi connectivity index (χ3v) is 4.31. The fourth-order valence-electron chi connectivity index (χ4n) is 2.74. The van der Waals surface area contributed by atoms with Gasteiger partial charge >= 0.3 is 0 Å². The summed E-state index contributed by atoms with van der Waals surface area (Å²) in [5.41, 5.74) is 2.63. The van der Waals surface area contributed by atoms with E-state index in [1.807, 2.05) is 54.6 Å². The molecule has 0 N–H and O–H groups in total. The van der Waals surface area contributed by atoms with Crippen molar-refractivity contribution in [1.29, 1.82) is 0 Å². The van der Waals surface area contributed by atoms with Gasteiger partial charge in [0.1, 0.15) is 19.0 Å². The molecule has 1 aliphatic rings. The first-order valence-electron chi connectivity index (χ1n) is 7.95. The minimum atomic E-state index is 0. The zero-order chi connectivity index (χ0) is 17.2. The number of nitrogens with zero attached hydrogens (tertiary/aromatic N) is 1. The molecule has 2 aromatic carbocycles. The van der Waals surface area contributed by atoms with Crippen LogP contribution in [0.25, 0.3) is 23.1 Å². The van der Waals surface area contributed by atoms with E-state index in [4.69, 9.17) is 25.8 Å². The van der Waals surface area contributed by atoms with E-state index in [-0.39, 0.29) is 12.4 Å². The molecule has 1 aromatic heterocycles. The van der Waals surface area contributed by atoms with Crippen molar-refractivity contribution in [3.05, 3.63) is 58.7 Å². The summed E-state index contributed by atoms with van der Waals surface area (Å²) in [6.07, 6.45) is 3.91. The second kappa shape index (κ2) is 7.85. The minimum absolute atomic E-state index is 0. The van der Waals surface area contributed by atoms with Crippen molar-refractivity contribution in [3.8, 4) is 17.2 Å². The van der Waals surface area contributed by atoms with E-state index >= 15 is 0 Å². The van der Waals surface area contributed by atoms with Crippen LogP contribution in [0.3, 0.4) is 0 Å². The molecule has 4 rings (SSSR count). The Morgan fingerprint density at radius 2 is 1.81 bits per heavy atom. The van der Waals surface area contributed by atoms with E-state index in [0.29, 0.717) is 18.2 Å². The Labute approximate surface area is 162 Å². The number of pyridine rings is 1. The second-order valence-electron chi connectivity index (χ2n) is 5.65. The lowest BCUT2D eigenvalue weighted by Crippen LogP contribution is -2.15. The van der Waals surface area contributed by atoms with Crippen molar-refractivity contribution < 1.29 is 14.2 Å². The minimum Gasteiger partial charge on any atom is -0.497 e. The van der Waals surface area contributed by atoms with Crippen molar-refractivity contribution >= 4 is 47.1 Å². The summed E-state index contributed by atoms with van der Waals surface area (Å²) in [6.45, 7) is 1.16. The van der Waals surface area contributed by atoms with Gasteiger partial charge in [-0.2, -0.15) is 0 Å². The zero-order valence-electron chi connectivity index (χ0n) is 14.1. The molecule has 2 heterocycles. The van der Waals surface area contributed by atoms with Gasteiger partial charge in [-0.25, -0.2) is 4.98 Å². The zero-order valence-corrected chi connectivity index (χ0v) is 15.6. The van der Waals surface area contributed by atoms with E-state index in [9.17, 15) is 0 Å². The molecule has 26 heavy (non-hydrogen) atoms. The first-order valence-corrected chi connectivity index (χ1v) is 8.33. The Morgan fingerprint density at radius 3 is 2.62 bits per heavy atom. The predicted molar refractivity (Wildman–Crippen MR) is 107 cm³/mol. The third-order valence-electron chi connectivity index (χ3n) is 4.00. The highest BCUT2D eigenvalue weighted by molar-refractivity contribution is 6.35. The van der Waals surface area contributed by atoms with Gasteiger partial charge in [0.25, 0.3) is 0 Å². The summed E-state index contributed by atoms with van der Waals surface area (Å²) < 4.78 is 16.4. The number of halogens is 2. The van der Waals surface area contributed by atoms with Crippen LogP contribution in [-0.2, 0) is 0 Å². The molecule has 0 saturated heterocycles. The van der Waals surface area contributed by atoms with Gasteiger partial charge in [0.2, 0.25) is 0 Å². The second-order valence-corrected chi connectivity index (χ2v) is 6.06. The maximum atomic E-state index is 6.40. The van der Waals surface area contributed by atoms with E-state index in [1.165, 1.54) is 0 Å². The summed E-state index contributed by atoms with van der Waals surface area (Å²) in [4.78, 5) is 4.63. The highest BCUT2D eigenvalue weighted by Crippen LogP contribution is 2.32. The maximum absolute atomic E-state index is 6.40. The van der Waals surface area contributed by atoms with Crippen molar-refractivity contribution in [2.75, 3.05) is 20.3 Å². The van der Waals surface area contributed by atoms with Crippen molar-refractivity contribution in [2.24, 2.45) is 0 Å². The van der Waals surface area contributed by atoms with Gasteiger partial charge in [0, 0.05) is 5.39 Å². The smallest absolute Gasteiger partial charge is 0.161 e. The Kier molecular flexibility index (Phi) is 5.55. The molecule has 1 aliphatic heterocycles. The number of aromatic nitrogens is 1. The molecule has 134 valence electrons. The monoisotopic (exact) mass is 389 g/mol. The summed E-state index contributed by atoms with van der Waals surface area (Å²) in [6, 6.07) is 13.4. The maximum Gasteiger partial charge on any atom is 0.161 e. The number of rotatable bonds is 3. The molecule has 0 saturated carbocycles. The van der Waals surface area contributed by atoms with Crippen LogP contribution in [0, 0.1) is 0 Å². The molecule has 0 spiro atoms. The van der Waals surface area contributed by atoms with Gasteiger partial charge in [-0.15, -0.1) is 12.4 Å². The average Bonchev–Trinajstić information content (AvgIpc) is 2.66. The largest absolute Gasteiger partial charge is 0.497 e. The number of ether oxygens (including phenoxy) is 3. The molecule has 0 unspecified atom stereocenters. The van der Waals surface area contributed by atoms with Gasteiger partial charge in [0.15, 0.2) is 11.5 Å². The Bertz CT molecular complexity index is 973. The highest BCUT2D eigenvalue weighted by atomic mass is 35.5. The van der Waals surface area contributed by atoms with Crippen LogP contribution in [0.2, 0.25) is 5.02 Å². The van der Waals surface area contributed by atoms with E-state index in [2.05, 4.69) is 4.98 Å². The summed E-state index contributed by atoms with van der Waals surface area (Å²) >= 11 is 6.40. The molecule has 0 fully saturated rings. The van der Waals surface area contributed by atoms with Crippen molar-refractivity contribution in [3.63, 3.8) is 0 Å². The number of hydrogen-bond donors (Lipinski definition) is 0. The Hall–Kier alpha value is -2.43. The topological polar surface area (TPSA) is 40.6 Å². The van der Waals surface area contributed by atoms with E-state index in [0.717, 1.165) is 39.4 Å². The normalized spacial score (nSPS) is 12.8. The first-order chi connectivity index (χ1) is 12.2. The fourth-order valence-corrected chi connectivity index (χ4v) is 3.00. The summed E-state index contributed by atoms with van der Waals surface area (Å²) in [5.74, 6) is 2.31. The molecule has 4 nitrogen and oxygen atoms in total.